The van der Waals surface area contributed by atoms with E-state index in [2.05, 4.69) is 85.7 Å². The molecule has 0 aliphatic carbocycles. The predicted octanol–water partition coefficient (Wildman–Crippen LogP) is 14.4. The summed E-state index contributed by atoms with van der Waals surface area (Å²) >= 11 is 3.78. The molecule has 5 heterocycles. The van der Waals surface area contributed by atoms with Gasteiger partial charge in [-0.3, -0.25) is 28.3 Å². The van der Waals surface area contributed by atoms with Gasteiger partial charge >= 0.3 is 0 Å². The minimum absolute atomic E-state index is 0.178. The van der Waals surface area contributed by atoms with Crippen molar-refractivity contribution in [1.29, 1.82) is 0 Å². The second-order valence-corrected chi connectivity index (χ2v) is 28.4. The number of Topliss-reactive ketones (excluding diaryl/α,β-unsaturated/α-hetero) is 2. The summed E-state index contributed by atoms with van der Waals surface area (Å²) < 4.78 is 65.6. The molecule has 27 nitrogen and oxygen atoms in total. The van der Waals surface area contributed by atoms with Gasteiger partial charge in [-0.05, 0) is 184 Å². The van der Waals surface area contributed by atoms with E-state index in [0.717, 1.165) is 115 Å². The van der Waals surface area contributed by atoms with Gasteiger partial charge in [0.05, 0.1) is 42.1 Å². The van der Waals surface area contributed by atoms with Crippen molar-refractivity contribution in [2.45, 2.75) is 115 Å². The van der Waals surface area contributed by atoms with Crippen LogP contribution in [0, 0.1) is 0 Å². The zero-order valence-corrected chi connectivity index (χ0v) is 58.9. The number of carbonyl (C=O) groups excluding carboxylic acids is 4. The number of nitrogens with one attached hydrogen (secondary N) is 4. The van der Waals surface area contributed by atoms with E-state index in [1.54, 1.807) is 0 Å². The Morgan fingerprint density at radius 2 is 0.938 bits per heavy atom. The first kappa shape index (κ1) is 72.4. The Hall–Kier alpha value is -8.92. The minimum Gasteiger partial charge on any atom is -0.372 e. The van der Waals surface area contributed by atoms with E-state index in [4.69, 9.17) is 35.1 Å². The van der Waals surface area contributed by atoms with Crippen LogP contribution >= 0.6 is 34.4 Å². The highest BCUT2D eigenvalue weighted by Gasteiger charge is 2.26. The lowest BCUT2D eigenvalue weighted by Crippen LogP contribution is -2.30. The number of unbranched alkanes of at least 4 members (excludes halogenated alkanes) is 1. The van der Waals surface area contributed by atoms with Crippen molar-refractivity contribution < 1.29 is 45.1 Å². The molecule has 2 amide bonds. The van der Waals surface area contributed by atoms with Crippen LogP contribution in [0.2, 0.25) is 0 Å². The number of aromatic nitrogens is 5. The van der Waals surface area contributed by atoms with E-state index in [9.17, 15) is 45.1 Å². The fraction of sp³-hybridized carbons (Fsp3) is 0.369. The Bertz CT molecular complexity index is 4080. The maximum atomic E-state index is 13.8. The molecule has 3 aromatic heterocycles. The van der Waals surface area contributed by atoms with Gasteiger partial charge in [0.1, 0.15) is 23.0 Å². The standard InChI is InChI=1S/C65H77N17O10S5/c1-8-13-36-93-63-73-61(68-53-37-45(79(9-2)10-3)24-30-51(53)75-77-64-70-57(81-32-16-14-17-33-81)55(94-64)39-49(41(6)83)59(85)66-43-20-26-47(27-21-43)96(87,88)89)72-62(74-63)69-54-38-46(80(11-4)12-5)25-31-52(54)76-78-65-71-58(82-34-18-15-19-35-82)56(95-65)40-50(42(7)84)60(86)67-44-22-28-48(29-23-44)97(90,91)92/h20-31,37-40H,8-19,32-36H2,1-7H3,(H,66,85)(H,67,86)(H,87,88,89)(H,90,91,92)(H2,68,69,72,73,74)/b49-39-,50-40+,77-75+,78-76+. The highest BCUT2D eigenvalue weighted by atomic mass is 32.2. The summed E-state index contributed by atoms with van der Waals surface area (Å²) in [4.78, 5) is 87.4. The van der Waals surface area contributed by atoms with Crippen LogP contribution in [-0.4, -0.2) is 132 Å². The van der Waals surface area contributed by atoms with Crippen LogP contribution in [0.15, 0.2) is 131 Å². The molecule has 4 aromatic carbocycles. The predicted molar refractivity (Wildman–Crippen MR) is 384 cm³/mol. The molecule has 9 rings (SSSR count). The fourth-order valence-corrected chi connectivity index (χ4v) is 14.1. The fourth-order valence-electron chi connectivity index (χ4n) is 10.6. The van der Waals surface area contributed by atoms with E-state index < -0.39 is 43.6 Å². The van der Waals surface area contributed by atoms with Gasteiger partial charge in [-0.15, -0.1) is 20.5 Å². The smallest absolute Gasteiger partial charge is 0.294 e. The molecule has 7 aromatic rings. The average molecular weight is 1420 g/mol. The van der Waals surface area contributed by atoms with Gasteiger partial charge in [-0.1, -0.05) is 47.8 Å². The van der Waals surface area contributed by atoms with Gasteiger partial charge in [-0.2, -0.15) is 41.8 Å². The third-order valence-corrected chi connectivity index (χ3v) is 20.1. The number of azo groups is 2. The lowest BCUT2D eigenvalue weighted by Gasteiger charge is -2.27. The first-order valence-corrected chi connectivity index (χ1v) is 37.3. The summed E-state index contributed by atoms with van der Waals surface area (Å²) in [6, 6.07) is 21.3. The Kier molecular flexibility index (Phi) is 24.9. The normalized spacial score (nSPS) is 14.1. The number of piperidine rings is 2. The molecule has 2 saturated heterocycles. The Balaban J connectivity index is 1.06. The average Bonchev–Trinajstić information content (AvgIpc) is 1.78. The number of rotatable bonds is 30. The molecule has 0 radical (unpaired) electrons. The minimum atomic E-state index is -4.48. The van der Waals surface area contributed by atoms with E-state index >= 15 is 0 Å². The first-order chi connectivity index (χ1) is 46.5. The molecule has 0 bridgehead atoms. The molecule has 0 saturated carbocycles. The summed E-state index contributed by atoms with van der Waals surface area (Å²) in [5.74, 6) is -0.346. The molecular formula is C65H77N17O10S5. The summed E-state index contributed by atoms with van der Waals surface area (Å²) in [6.07, 6.45) is 10.5. The van der Waals surface area contributed by atoms with Gasteiger partial charge in [0, 0.05) is 80.9 Å². The van der Waals surface area contributed by atoms with Crippen molar-refractivity contribution in [3.63, 3.8) is 0 Å². The Morgan fingerprint density at radius 3 is 1.29 bits per heavy atom. The van der Waals surface area contributed by atoms with Crippen LogP contribution in [0.4, 0.5) is 79.3 Å². The van der Waals surface area contributed by atoms with Crippen molar-refractivity contribution >= 4 is 169 Å². The third kappa shape index (κ3) is 19.4. The zero-order chi connectivity index (χ0) is 69.4. The molecule has 2 aliphatic heterocycles. The van der Waals surface area contributed by atoms with E-state index in [1.165, 1.54) is 62.0 Å². The lowest BCUT2D eigenvalue weighted by atomic mass is 10.1. The molecule has 0 spiro atoms. The largest absolute Gasteiger partial charge is 0.372 e. The second-order valence-electron chi connectivity index (χ2n) is 22.5. The lowest BCUT2D eigenvalue weighted by molar-refractivity contribution is -0.120. The number of amides is 2. The van der Waals surface area contributed by atoms with Crippen molar-refractivity contribution in [2.24, 2.45) is 20.5 Å². The van der Waals surface area contributed by atoms with Crippen LogP contribution in [0.3, 0.4) is 0 Å². The number of hydrogen-bond donors (Lipinski definition) is 6. The number of thioether (sulfide) groups is 1. The maximum absolute atomic E-state index is 13.8. The molecular weight excluding hydrogens is 1340 g/mol. The monoisotopic (exact) mass is 1420 g/mol. The number of thiazole rings is 2. The summed E-state index contributed by atoms with van der Waals surface area (Å²) in [5, 5.41) is 32.1. The molecule has 2 aliphatic rings. The van der Waals surface area contributed by atoms with Gasteiger partial charge in [0.15, 0.2) is 16.7 Å². The third-order valence-electron chi connectivity index (χ3n) is 15.7. The van der Waals surface area contributed by atoms with E-state index in [-0.39, 0.29) is 54.5 Å². The van der Waals surface area contributed by atoms with Gasteiger partial charge < -0.3 is 40.9 Å². The van der Waals surface area contributed by atoms with E-state index in [1.807, 2.05) is 36.4 Å². The number of nitrogens with zero attached hydrogens (tertiary/aromatic N) is 13. The number of ketones is 2. The first-order valence-electron chi connectivity index (χ1n) is 31.8. The van der Waals surface area contributed by atoms with E-state index in [0.29, 0.717) is 102 Å². The van der Waals surface area contributed by atoms with Crippen molar-refractivity contribution in [3.8, 4) is 0 Å². The molecule has 2 fully saturated rings. The second kappa shape index (κ2) is 33.4. The molecule has 512 valence electrons. The maximum Gasteiger partial charge on any atom is 0.294 e. The van der Waals surface area contributed by atoms with Crippen molar-refractivity contribution in [3.05, 3.63) is 106 Å². The summed E-state index contributed by atoms with van der Waals surface area (Å²) in [7, 11) is -8.95. The quantitative estimate of drug-likeness (QED) is 0.00463. The summed E-state index contributed by atoms with van der Waals surface area (Å²) in [6.45, 7) is 18.5. The number of carbonyl (C=O) groups is 4. The van der Waals surface area contributed by atoms with Gasteiger partial charge in [0.2, 0.25) is 22.2 Å². The van der Waals surface area contributed by atoms with Crippen LogP contribution in [0.5, 0.6) is 0 Å². The molecule has 6 N–H and O–H groups in total. The van der Waals surface area contributed by atoms with Gasteiger partial charge in [-0.25, -0.2) is 0 Å². The van der Waals surface area contributed by atoms with Crippen LogP contribution in [-0.2, 0) is 39.4 Å². The topological polar surface area (TPSA) is 352 Å². The number of benzene rings is 4. The highest BCUT2D eigenvalue weighted by molar-refractivity contribution is 7.99. The van der Waals surface area contributed by atoms with Gasteiger partial charge in [0.25, 0.3) is 32.1 Å². The van der Waals surface area contributed by atoms with Crippen molar-refractivity contribution in [2.75, 3.05) is 99.0 Å². The number of hydrogen-bond acceptors (Lipinski definition) is 26. The summed E-state index contributed by atoms with van der Waals surface area (Å²) in [5.41, 5.74) is 3.65. The van der Waals surface area contributed by atoms with Crippen LogP contribution in [0.25, 0.3) is 12.2 Å². The SMILES string of the molecule is CCCCSc1nc(Nc2cc(N(CC)CC)ccc2/N=N/c2nc(N3CCCCC3)c(/C=C(/C(C)=O)C(=O)Nc3ccc(S(=O)(=O)O)cc3)s2)nc(Nc2cc(N(CC)CC)ccc2/N=N/c2nc(N3CCCCC3)c(/C=C(\C(C)=O)C(=O)Nc3ccc(S(=O)(=O)O)cc3)s2)n1. The Morgan fingerprint density at radius 1 is 0.546 bits per heavy atom. The van der Waals surface area contributed by atoms with Crippen LogP contribution in [0.1, 0.15) is 110 Å². The highest BCUT2D eigenvalue weighted by Crippen LogP contribution is 2.41. The van der Waals surface area contributed by atoms with Crippen LogP contribution < -0.4 is 40.9 Å². The zero-order valence-electron chi connectivity index (χ0n) is 54.8. The molecule has 0 atom stereocenters. The molecule has 32 heteroatoms. The molecule has 0 unspecified atom stereocenters. The van der Waals surface area contributed by atoms with Crippen molar-refractivity contribution in [1.82, 2.24) is 24.9 Å². The number of anilines is 10. The molecule has 97 heavy (non-hydrogen) atoms. The Labute approximate surface area is 576 Å².